The molecule has 0 radical (unpaired) electrons. The van der Waals surface area contributed by atoms with Crippen LogP contribution in [-0.2, 0) is 9.53 Å². The summed E-state index contributed by atoms with van der Waals surface area (Å²) < 4.78 is 4.68. The molecule has 0 bridgehead atoms. The lowest BCUT2D eigenvalue weighted by Crippen LogP contribution is -2.04. The zero-order valence-electron chi connectivity index (χ0n) is 6.81. The first-order valence-corrected chi connectivity index (χ1v) is 4.36. The van der Waals surface area contributed by atoms with Gasteiger partial charge in [0.1, 0.15) is 0 Å². The predicted molar refractivity (Wildman–Crippen MR) is 45.9 cm³/mol. The number of rotatable bonds is 3. The fourth-order valence-corrected chi connectivity index (χ4v) is 1.26. The third kappa shape index (κ3) is 2.47. The second-order valence-electron chi connectivity index (χ2n) is 1.94. The quantitative estimate of drug-likeness (QED) is 0.417. The van der Waals surface area contributed by atoms with Gasteiger partial charge >= 0.3 is 5.97 Å². The molecule has 0 atom stereocenters. The molecule has 1 aromatic heterocycles. The highest BCUT2D eigenvalue weighted by atomic mass is 32.1. The molecule has 0 unspecified atom stereocenters. The van der Waals surface area contributed by atoms with Crippen LogP contribution in [0.1, 0.15) is 17.4 Å². The van der Waals surface area contributed by atoms with Crippen LogP contribution < -0.4 is 0 Å². The standard InChI is InChI=1S/C7H6N2O3S/c1-2-12-6(11)5-3-13-7(9-5)8-4-10/h3H,2H2,1H3. The van der Waals surface area contributed by atoms with Crippen LogP contribution in [0.2, 0.25) is 0 Å². The van der Waals surface area contributed by atoms with E-state index in [2.05, 4.69) is 14.7 Å². The molecular formula is C7H6N2O3S. The van der Waals surface area contributed by atoms with Crippen molar-refractivity contribution in [2.75, 3.05) is 6.61 Å². The van der Waals surface area contributed by atoms with Crippen molar-refractivity contribution in [2.24, 2.45) is 4.99 Å². The molecule has 0 saturated carbocycles. The Morgan fingerprint density at radius 1 is 1.85 bits per heavy atom. The first kappa shape index (κ1) is 9.57. The first-order valence-electron chi connectivity index (χ1n) is 3.48. The van der Waals surface area contributed by atoms with Crippen LogP contribution in [0, 0.1) is 0 Å². The van der Waals surface area contributed by atoms with E-state index in [9.17, 15) is 9.59 Å². The third-order valence-electron chi connectivity index (χ3n) is 1.12. The van der Waals surface area contributed by atoms with Gasteiger partial charge in [0.15, 0.2) is 5.69 Å². The Morgan fingerprint density at radius 3 is 3.23 bits per heavy atom. The van der Waals surface area contributed by atoms with Crippen LogP contribution in [0.4, 0.5) is 5.13 Å². The number of isocyanates is 1. The van der Waals surface area contributed by atoms with Crippen LogP contribution in [0.5, 0.6) is 0 Å². The van der Waals surface area contributed by atoms with Gasteiger partial charge in [0, 0.05) is 5.38 Å². The number of nitrogens with zero attached hydrogens (tertiary/aromatic N) is 2. The zero-order valence-corrected chi connectivity index (χ0v) is 7.63. The molecule has 0 N–H and O–H groups in total. The van der Waals surface area contributed by atoms with E-state index in [4.69, 9.17) is 0 Å². The maximum Gasteiger partial charge on any atom is 0.357 e. The van der Waals surface area contributed by atoms with Gasteiger partial charge in [-0.1, -0.05) is 0 Å². The van der Waals surface area contributed by atoms with E-state index in [1.807, 2.05) is 0 Å². The number of carbonyl (C=O) groups is 1. The molecule has 0 aliphatic heterocycles. The van der Waals surface area contributed by atoms with Gasteiger partial charge in [0.2, 0.25) is 11.2 Å². The molecular weight excluding hydrogens is 192 g/mol. The van der Waals surface area contributed by atoms with Crippen LogP contribution in [0.25, 0.3) is 0 Å². The molecule has 1 aromatic rings. The van der Waals surface area contributed by atoms with Crippen molar-refractivity contribution in [3.8, 4) is 0 Å². The smallest absolute Gasteiger partial charge is 0.357 e. The van der Waals surface area contributed by atoms with Gasteiger partial charge in [-0.05, 0) is 6.92 Å². The Labute approximate surface area is 78.1 Å². The van der Waals surface area contributed by atoms with Gasteiger partial charge in [-0.3, -0.25) is 0 Å². The number of aliphatic imine (C=N–C) groups is 1. The molecule has 68 valence electrons. The van der Waals surface area contributed by atoms with E-state index < -0.39 is 5.97 Å². The van der Waals surface area contributed by atoms with Crippen LogP contribution >= 0.6 is 11.3 Å². The Hall–Kier alpha value is -1.52. The minimum absolute atomic E-state index is 0.167. The van der Waals surface area contributed by atoms with Gasteiger partial charge in [0.05, 0.1) is 6.61 Å². The summed E-state index contributed by atoms with van der Waals surface area (Å²) in [5.41, 5.74) is 0.167. The summed E-state index contributed by atoms with van der Waals surface area (Å²) in [6, 6.07) is 0. The van der Waals surface area contributed by atoms with Crippen LogP contribution in [0.15, 0.2) is 10.4 Å². The number of ether oxygens (including phenoxy) is 1. The van der Waals surface area contributed by atoms with Crippen molar-refractivity contribution in [1.29, 1.82) is 0 Å². The average Bonchev–Trinajstić information content (AvgIpc) is 2.54. The van der Waals surface area contributed by atoms with Crippen molar-refractivity contribution in [1.82, 2.24) is 4.98 Å². The highest BCUT2D eigenvalue weighted by molar-refractivity contribution is 7.13. The average molecular weight is 198 g/mol. The number of hydrogen-bond acceptors (Lipinski definition) is 6. The zero-order chi connectivity index (χ0) is 9.68. The van der Waals surface area contributed by atoms with Gasteiger partial charge in [-0.25, -0.2) is 14.6 Å². The summed E-state index contributed by atoms with van der Waals surface area (Å²) in [6.45, 7) is 2.00. The van der Waals surface area contributed by atoms with Crippen molar-refractivity contribution in [2.45, 2.75) is 6.92 Å². The molecule has 5 nitrogen and oxygen atoms in total. The maximum absolute atomic E-state index is 11.0. The summed E-state index contributed by atoms with van der Waals surface area (Å²) in [6.07, 6.45) is 1.34. The largest absolute Gasteiger partial charge is 0.461 e. The third-order valence-corrected chi connectivity index (χ3v) is 1.85. The molecule has 1 rings (SSSR count). The molecule has 0 spiro atoms. The maximum atomic E-state index is 11.0. The SMILES string of the molecule is CCOC(=O)c1csc(N=C=O)n1. The normalized spacial score (nSPS) is 9.00. The van der Waals surface area contributed by atoms with E-state index >= 15 is 0 Å². The van der Waals surface area contributed by atoms with Crippen molar-refractivity contribution >= 4 is 28.5 Å². The Kier molecular flexibility index (Phi) is 3.31. The van der Waals surface area contributed by atoms with Gasteiger partial charge in [-0.2, -0.15) is 0 Å². The van der Waals surface area contributed by atoms with Gasteiger partial charge in [0.25, 0.3) is 0 Å². The number of thiazole rings is 1. The molecule has 13 heavy (non-hydrogen) atoms. The lowest BCUT2D eigenvalue weighted by atomic mass is 10.5. The van der Waals surface area contributed by atoms with Crippen LogP contribution in [0.3, 0.4) is 0 Å². The number of aromatic nitrogens is 1. The second-order valence-corrected chi connectivity index (χ2v) is 2.78. The Balaban J connectivity index is 2.79. The van der Waals surface area contributed by atoms with E-state index in [0.717, 1.165) is 11.3 Å². The minimum atomic E-state index is -0.508. The van der Waals surface area contributed by atoms with Crippen molar-refractivity contribution in [3.63, 3.8) is 0 Å². The van der Waals surface area contributed by atoms with Crippen molar-refractivity contribution in [3.05, 3.63) is 11.1 Å². The summed E-state index contributed by atoms with van der Waals surface area (Å²) in [4.78, 5) is 27.9. The molecule has 0 aliphatic carbocycles. The molecule has 6 heteroatoms. The molecule has 0 amide bonds. The summed E-state index contributed by atoms with van der Waals surface area (Å²) >= 11 is 1.09. The fourth-order valence-electron chi connectivity index (χ4n) is 0.653. The lowest BCUT2D eigenvalue weighted by molar-refractivity contribution is 0.0520. The van der Waals surface area contributed by atoms with E-state index in [1.165, 1.54) is 11.5 Å². The Morgan fingerprint density at radius 2 is 2.62 bits per heavy atom. The van der Waals surface area contributed by atoms with E-state index in [1.54, 1.807) is 6.92 Å². The van der Waals surface area contributed by atoms with Crippen LogP contribution in [-0.4, -0.2) is 23.6 Å². The van der Waals surface area contributed by atoms with E-state index in [-0.39, 0.29) is 10.8 Å². The number of esters is 1. The Bertz CT molecular complexity index is 354. The van der Waals surface area contributed by atoms with Gasteiger partial charge < -0.3 is 4.74 Å². The second kappa shape index (κ2) is 4.49. The number of carbonyl (C=O) groups excluding carboxylic acids is 2. The van der Waals surface area contributed by atoms with Crippen molar-refractivity contribution < 1.29 is 14.3 Å². The minimum Gasteiger partial charge on any atom is -0.461 e. The molecule has 0 fully saturated rings. The lowest BCUT2D eigenvalue weighted by Gasteiger charge is -1.95. The topological polar surface area (TPSA) is 68.6 Å². The summed E-state index contributed by atoms with van der Waals surface area (Å²) in [5.74, 6) is -0.508. The molecule has 0 saturated heterocycles. The van der Waals surface area contributed by atoms with E-state index in [0.29, 0.717) is 6.61 Å². The fraction of sp³-hybridized carbons (Fsp3) is 0.286. The molecule has 0 aromatic carbocycles. The highest BCUT2D eigenvalue weighted by Gasteiger charge is 2.10. The first-order chi connectivity index (χ1) is 6.27. The number of hydrogen-bond donors (Lipinski definition) is 0. The molecule has 0 aliphatic rings. The van der Waals surface area contributed by atoms with Gasteiger partial charge in [-0.15, -0.1) is 16.3 Å². The highest BCUT2D eigenvalue weighted by Crippen LogP contribution is 2.18. The molecule has 1 heterocycles. The summed E-state index contributed by atoms with van der Waals surface area (Å²) in [5, 5.41) is 1.69. The summed E-state index contributed by atoms with van der Waals surface area (Å²) in [7, 11) is 0. The monoisotopic (exact) mass is 198 g/mol. The predicted octanol–water partition coefficient (Wildman–Crippen LogP) is 1.29.